The summed E-state index contributed by atoms with van der Waals surface area (Å²) in [5.41, 5.74) is 3.02. The highest BCUT2D eigenvalue weighted by Crippen LogP contribution is 2.16. The molecule has 3 aromatic rings. The number of H-pyrrole nitrogens is 1. The largest absolute Gasteiger partial charge is 0.348 e. The van der Waals surface area contributed by atoms with E-state index in [0.717, 1.165) is 28.6 Å². The molecule has 0 saturated heterocycles. The number of amides is 2. The van der Waals surface area contributed by atoms with Gasteiger partial charge in [0.2, 0.25) is 5.91 Å². The number of carbonyl (C=O) groups is 2. The second-order valence-corrected chi connectivity index (χ2v) is 5.82. The summed E-state index contributed by atoms with van der Waals surface area (Å²) in [5, 5.41) is 13.5. The Kier molecular flexibility index (Phi) is 5.09. The van der Waals surface area contributed by atoms with Gasteiger partial charge in [0.25, 0.3) is 5.91 Å². The van der Waals surface area contributed by atoms with Gasteiger partial charge in [0.1, 0.15) is 0 Å². The second kappa shape index (κ2) is 7.61. The van der Waals surface area contributed by atoms with Crippen LogP contribution >= 0.6 is 0 Å². The molecule has 2 amide bonds. The molecule has 0 fully saturated rings. The summed E-state index contributed by atoms with van der Waals surface area (Å²) < 4.78 is 0. The monoisotopic (exact) mass is 336 g/mol. The number of hydrogen-bond acceptors (Lipinski definition) is 3. The Hall–Kier alpha value is -3.15. The van der Waals surface area contributed by atoms with Crippen LogP contribution in [0.15, 0.2) is 48.7 Å². The van der Waals surface area contributed by atoms with Crippen LogP contribution in [0, 0.1) is 0 Å². The standard InChI is InChI=1S/C19H20N4O2/c1-2-4-17(24)22-15-9-7-13(8-10-15)11-20-19(25)16-6-3-5-14-12-21-23-18(14)16/h3,5-10,12H,2,4,11H2,1H3,(H,20,25)(H,21,23)(H,22,24). The van der Waals surface area contributed by atoms with Crippen LogP contribution in [-0.2, 0) is 11.3 Å². The summed E-state index contributed by atoms with van der Waals surface area (Å²) in [7, 11) is 0. The SMILES string of the molecule is CCCC(=O)Nc1ccc(CNC(=O)c2cccc3cn[nH]c23)cc1. The minimum absolute atomic E-state index is 0.0104. The first kappa shape index (κ1) is 16.7. The summed E-state index contributed by atoms with van der Waals surface area (Å²) in [6, 6.07) is 13.0. The van der Waals surface area contributed by atoms with Crippen LogP contribution in [-0.4, -0.2) is 22.0 Å². The number of aromatic nitrogens is 2. The topological polar surface area (TPSA) is 86.9 Å². The summed E-state index contributed by atoms with van der Waals surface area (Å²) in [5.74, 6) is -0.147. The van der Waals surface area contributed by atoms with Crippen molar-refractivity contribution in [2.24, 2.45) is 0 Å². The third-order valence-corrected chi connectivity index (χ3v) is 3.89. The predicted octanol–water partition coefficient (Wildman–Crippen LogP) is 3.23. The van der Waals surface area contributed by atoms with Crippen molar-refractivity contribution in [2.75, 3.05) is 5.32 Å². The van der Waals surface area contributed by atoms with Crippen molar-refractivity contribution in [2.45, 2.75) is 26.3 Å². The molecule has 0 radical (unpaired) electrons. The number of rotatable bonds is 6. The van der Waals surface area contributed by atoms with Crippen molar-refractivity contribution in [1.82, 2.24) is 15.5 Å². The van der Waals surface area contributed by atoms with E-state index >= 15 is 0 Å². The highest BCUT2D eigenvalue weighted by atomic mass is 16.2. The van der Waals surface area contributed by atoms with Crippen LogP contribution in [0.25, 0.3) is 10.9 Å². The zero-order valence-electron chi connectivity index (χ0n) is 14.0. The van der Waals surface area contributed by atoms with Crippen molar-refractivity contribution in [3.63, 3.8) is 0 Å². The van der Waals surface area contributed by atoms with E-state index in [4.69, 9.17) is 0 Å². The van der Waals surface area contributed by atoms with E-state index in [2.05, 4.69) is 20.8 Å². The lowest BCUT2D eigenvalue weighted by atomic mass is 10.1. The molecular formula is C19H20N4O2. The molecule has 3 N–H and O–H groups in total. The van der Waals surface area contributed by atoms with Crippen molar-refractivity contribution in [1.29, 1.82) is 0 Å². The average Bonchev–Trinajstić information content (AvgIpc) is 3.09. The van der Waals surface area contributed by atoms with E-state index in [1.165, 1.54) is 0 Å². The van der Waals surface area contributed by atoms with E-state index in [1.54, 1.807) is 12.3 Å². The van der Waals surface area contributed by atoms with Crippen molar-refractivity contribution in [3.8, 4) is 0 Å². The van der Waals surface area contributed by atoms with Gasteiger partial charge < -0.3 is 10.6 Å². The van der Waals surface area contributed by atoms with Crippen LogP contribution < -0.4 is 10.6 Å². The number of nitrogens with one attached hydrogen (secondary N) is 3. The summed E-state index contributed by atoms with van der Waals surface area (Å²) >= 11 is 0. The number of anilines is 1. The molecule has 0 unspecified atom stereocenters. The number of aromatic amines is 1. The van der Waals surface area contributed by atoms with Gasteiger partial charge in [-0.3, -0.25) is 14.7 Å². The zero-order chi connectivity index (χ0) is 17.6. The third-order valence-electron chi connectivity index (χ3n) is 3.89. The molecule has 2 aromatic carbocycles. The maximum atomic E-state index is 12.4. The molecule has 1 aromatic heterocycles. The van der Waals surface area contributed by atoms with Gasteiger partial charge in [-0.1, -0.05) is 31.2 Å². The minimum atomic E-state index is -0.157. The Labute approximate surface area is 145 Å². The lowest BCUT2D eigenvalue weighted by molar-refractivity contribution is -0.116. The molecule has 3 rings (SSSR count). The van der Waals surface area contributed by atoms with Gasteiger partial charge in [-0.2, -0.15) is 5.10 Å². The maximum Gasteiger partial charge on any atom is 0.253 e. The number of para-hydroxylation sites is 1. The van der Waals surface area contributed by atoms with E-state index in [-0.39, 0.29) is 11.8 Å². The van der Waals surface area contributed by atoms with Gasteiger partial charge in [-0.15, -0.1) is 0 Å². The van der Waals surface area contributed by atoms with Crippen LogP contribution in [0.3, 0.4) is 0 Å². The minimum Gasteiger partial charge on any atom is -0.348 e. The molecule has 0 spiro atoms. The number of fused-ring (bicyclic) bond motifs is 1. The fourth-order valence-corrected chi connectivity index (χ4v) is 2.59. The Bertz CT molecular complexity index is 884. The normalized spacial score (nSPS) is 10.6. The lowest BCUT2D eigenvalue weighted by Crippen LogP contribution is -2.23. The molecule has 0 atom stereocenters. The summed E-state index contributed by atoms with van der Waals surface area (Å²) in [6.45, 7) is 2.38. The fourth-order valence-electron chi connectivity index (χ4n) is 2.59. The quantitative estimate of drug-likeness (QED) is 0.646. The van der Waals surface area contributed by atoms with Crippen molar-refractivity contribution < 1.29 is 9.59 Å². The number of benzene rings is 2. The fraction of sp³-hybridized carbons (Fsp3) is 0.211. The molecule has 6 nitrogen and oxygen atoms in total. The van der Waals surface area contributed by atoms with Crippen molar-refractivity contribution in [3.05, 3.63) is 59.8 Å². The molecule has 0 saturated carbocycles. The predicted molar refractivity (Wildman–Crippen MR) is 97.2 cm³/mol. The molecule has 0 aliphatic heterocycles. The molecular weight excluding hydrogens is 316 g/mol. The van der Waals surface area contributed by atoms with Crippen LogP contribution in [0.2, 0.25) is 0 Å². The van der Waals surface area contributed by atoms with Gasteiger partial charge in [-0.25, -0.2) is 0 Å². The van der Waals surface area contributed by atoms with Gasteiger partial charge in [0, 0.05) is 24.0 Å². The number of hydrogen-bond donors (Lipinski definition) is 3. The molecule has 1 heterocycles. The number of nitrogens with zero attached hydrogens (tertiary/aromatic N) is 1. The maximum absolute atomic E-state index is 12.4. The molecule has 0 bridgehead atoms. The molecule has 25 heavy (non-hydrogen) atoms. The molecule has 128 valence electrons. The molecule has 0 aliphatic carbocycles. The van der Waals surface area contributed by atoms with Crippen LogP contribution in [0.1, 0.15) is 35.7 Å². The molecule has 0 aliphatic rings. The Morgan fingerprint density at radius 3 is 2.68 bits per heavy atom. The van der Waals surface area contributed by atoms with Gasteiger partial charge >= 0.3 is 0 Å². The van der Waals surface area contributed by atoms with Gasteiger partial charge in [0.05, 0.1) is 17.3 Å². The van der Waals surface area contributed by atoms with E-state index in [9.17, 15) is 9.59 Å². The first-order chi connectivity index (χ1) is 12.2. The Morgan fingerprint density at radius 1 is 1.12 bits per heavy atom. The summed E-state index contributed by atoms with van der Waals surface area (Å²) in [6.07, 6.45) is 3.02. The van der Waals surface area contributed by atoms with Crippen molar-refractivity contribution >= 4 is 28.4 Å². The summed E-state index contributed by atoms with van der Waals surface area (Å²) in [4.78, 5) is 24.0. The zero-order valence-corrected chi connectivity index (χ0v) is 14.0. The smallest absolute Gasteiger partial charge is 0.253 e. The van der Waals surface area contributed by atoms with E-state index in [0.29, 0.717) is 18.5 Å². The van der Waals surface area contributed by atoms with Gasteiger partial charge in [0.15, 0.2) is 0 Å². The molecule has 6 heteroatoms. The lowest BCUT2D eigenvalue weighted by Gasteiger charge is -2.08. The second-order valence-electron chi connectivity index (χ2n) is 5.82. The number of carbonyl (C=O) groups excluding carboxylic acids is 2. The van der Waals surface area contributed by atoms with E-state index < -0.39 is 0 Å². The Morgan fingerprint density at radius 2 is 1.92 bits per heavy atom. The highest BCUT2D eigenvalue weighted by Gasteiger charge is 2.11. The third kappa shape index (κ3) is 4.03. The van der Waals surface area contributed by atoms with Gasteiger partial charge in [-0.05, 0) is 30.2 Å². The van der Waals surface area contributed by atoms with Crippen LogP contribution in [0.4, 0.5) is 5.69 Å². The highest BCUT2D eigenvalue weighted by molar-refractivity contribution is 6.05. The average molecular weight is 336 g/mol. The first-order valence-electron chi connectivity index (χ1n) is 8.26. The first-order valence-corrected chi connectivity index (χ1v) is 8.26. The van der Waals surface area contributed by atoms with Crippen LogP contribution in [0.5, 0.6) is 0 Å². The van der Waals surface area contributed by atoms with E-state index in [1.807, 2.05) is 43.3 Å². The Balaban J connectivity index is 1.61.